The van der Waals surface area contributed by atoms with Crippen LogP contribution in [0.25, 0.3) is 0 Å². The lowest BCUT2D eigenvalue weighted by Gasteiger charge is -2.44. The number of aliphatic hydroxyl groups is 1. The summed E-state index contributed by atoms with van der Waals surface area (Å²) in [6, 6.07) is 5.78. The number of pyridine rings is 1. The Hall–Kier alpha value is -1.86. The lowest BCUT2D eigenvalue weighted by atomic mass is 9.83. The first-order chi connectivity index (χ1) is 11.3. The van der Waals surface area contributed by atoms with Gasteiger partial charge in [0.1, 0.15) is 12.7 Å². The lowest BCUT2D eigenvalue weighted by molar-refractivity contribution is -0.684. The first kappa shape index (κ1) is 17.0. The van der Waals surface area contributed by atoms with Gasteiger partial charge in [-0.25, -0.2) is 9.36 Å². The number of aromatic nitrogens is 1. The number of amides is 1. The molecule has 3 atom stereocenters. The van der Waals surface area contributed by atoms with Crippen molar-refractivity contribution >= 4 is 23.6 Å². The molecule has 2 unspecified atom stereocenters. The van der Waals surface area contributed by atoms with Crippen LogP contribution in [-0.2, 0) is 22.4 Å². The zero-order valence-electron chi connectivity index (χ0n) is 13.9. The molecule has 7 heteroatoms. The van der Waals surface area contributed by atoms with Crippen molar-refractivity contribution in [3.05, 3.63) is 40.2 Å². The summed E-state index contributed by atoms with van der Waals surface area (Å²) < 4.78 is 2.07. The van der Waals surface area contributed by atoms with E-state index in [1.54, 1.807) is 6.92 Å². The molecule has 6 nitrogen and oxygen atoms in total. The van der Waals surface area contributed by atoms with Gasteiger partial charge in [-0.15, -0.1) is 11.8 Å². The number of thioether (sulfide) groups is 1. The van der Waals surface area contributed by atoms with Gasteiger partial charge >= 0.3 is 5.97 Å². The van der Waals surface area contributed by atoms with Crippen LogP contribution >= 0.6 is 11.8 Å². The minimum atomic E-state index is -1.08. The van der Waals surface area contributed by atoms with Gasteiger partial charge in [-0.3, -0.25) is 4.79 Å². The van der Waals surface area contributed by atoms with Crippen molar-refractivity contribution < 1.29 is 24.4 Å². The maximum absolute atomic E-state index is 12.2. The number of carbonyl (C=O) groups is 2. The topological polar surface area (TPSA) is 81.7 Å². The van der Waals surface area contributed by atoms with Crippen LogP contribution in [0.5, 0.6) is 0 Å². The third kappa shape index (κ3) is 2.61. The Morgan fingerprint density at radius 3 is 2.83 bits per heavy atom. The highest BCUT2D eigenvalue weighted by Crippen LogP contribution is 2.47. The van der Waals surface area contributed by atoms with Crippen LogP contribution in [-0.4, -0.2) is 39.1 Å². The van der Waals surface area contributed by atoms with Crippen molar-refractivity contribution in [2.75, 3.05) is 0 Å². The molecule has 1 aromatic heterocycles. The van der Waals surface area contributed by atoms with Gasteiger partial charge in [-0.2, -0.15) is 0 Å². The van der Waals surface area contributed by atoms with E-state index >= 15 is 0 Å². The van der Waals surface area contributed by atoms with E-state index in [2.05, 4.69) is 4.57 Å². The molecule has 1 saturated heterocycles. The van der Waals surface area contributed by atoms with E-state index in [4.69, 9.17) is 0 Å². The van der Waals surface area contributed by atoms with Crippen LogP contribution in [0, 0.1) is 12.8 Å². The van der Waals surface area contributed by atoms with E-state index in [1.165, 1.54) is 16.7 Å². The molecular formula is C17H21N2O4S+. The normalized spacial score (nSPS) is 24.0. The fourth-order valence-corrected chi connectivity index (χ4v) is 4.64. The molecule has 2 N–H and O–H groups in total. The average molecular weight is 349 g/mol. The minimum Gasteiger partial charge on any atom is -0.477 e. The molecule has 0 saturated carbocycles. The highest BCUT2D eigenvalue weighted by atomic mass is 32.2. The number of aryl methyl sites for hydroxylation is 1. The van der Waals surface area contributed by atoms with Crippen molar-refractivity contribution in [3.63, 3.8) is 0 Å². The van der Waals surface area contributed by atoms with Crippen LogP contribution in [0.1, 0.15) is 24.7 Å². The van der Waals surface area contributed by atoms with Gasteiger partial charge in [0.05, 0.1) is 23.8 Å². The molecule has 0 bridgehead atoms. The van der Waals surface area contributed by atoms with Gasteiger partial charge in [0.2, 0.25) is 5.91 Å². The predicted molar refractivity (Wildman–Crippen MR) is 88.7 cm³/mol. The zero-order valence-corrected chi connectivity index (χ0v) is 14.7. The summed E-state index contributed by atoms with van der Waals surface area (Å²) in [4.78, 5) is 25.9. The fraction of sp³-hybridized carbons (Fsp3) is 0.471. The standard InChI is InChI=1S/C17H20N2O4S/c1-9-5-4-6-11(18(9)3)8-24-13-7-12-14(10(2)20)16(21)19(12)15(13)17(22)23/h4-6,10,12,14,20H,7-8H2,1-3H3/p+1/t10-,12?,14?/m1/s1. The Balaban J connectivity index is 1.81. The summed E-state index contributed by atoms with van der Waals surface area (Å²) in [5, 5.41) is 19.3. The molecule has 2 aliphatic rings. The Kier molecular flexibility index (Phi) is 4.40. The van der Waals surface area contributed by atoms with Crippen LogP contribution in [0.3, 0.4) is 0 Å². The number of nitrogens with zero attached hydrogens (tertiary/aromatic N) is 2. The quantitative estimate of drug-likeness (QED) is 0.611. The monoisotopic (exact) mass is 349 g/mol. The van der Waals surface area contributed by atoms with E-state index in [0.29, 0.717) is 17.1 Å². The lowest BCUT2D eigenvalue weighted by Crippen LogP contribution is -2.61. The van der Waals surface area contributed by atoms with Crippen LogP contribution in [0.2, 0.25) is 0 Å². The first-order valence-corrected chi connectivity index (χ1v) is 8.86. The van der Waals surface area contributed by atoms with Gasteiger partial charge in [-0.05, 0) is 13.0 Å². The molecule has 0 radical (unpaired) electrons. The molecule has 0 spiro atoms. The number of fused-ring (bicyclic) bond motifs is 1. The van der Waals surface area contributed by atoms with Crippen molar-refractivity contribution in [2.45, 2.75) is 38.2 Å². The second kappa shape index (κ2) is 6.22. The molecule has 1 aromatic rings. The molecule has 3 heterocycles. The van der Waals surface area contributed by atoms with Crippen molar-refractivity contribution in [1.29, 1.82) is 0 Å². The Labute approximate surface area is 144 Å². The summed E-state index contributed by atoms with van der Waals surface area (Å²) >= 11 is 1.46. The number of hydrogen-bond donors (Lipinski definition) is 2. The van der Waals surface area contributed by atoms with E-state index in [-0.39, 0.29) is 17.6 Å². The highest BCUT2D eigenvalue weighted by Gasteiger charge is 2.56. The van der Waals surface area contributed by atoms with Crippen LogP contribution < -0.4 is 4.57 Å². The predicted octanol–water partition coefficient (Wildman–Crippen LogP) is 0.960. The SMILES string of the molecule is Cc1cccc(CSC2=C(C(=O)O)N3C(=O)C([C@@H](C)O)C3C2)[n+]1C. The van der Waals surface area contributed by atoms with Crippen LogP contribution in [0.15, 0.2) is 28.8 Å². The molecule has 3 rings (SSSR count). The van der Waals surface area contributed by atoms with Gasteiger partial charge in [0.25, 0.3) is 0 Å². The second-order valence-corrected chi connectivity index (χ2v) is 7.40. The number of carboxylic acid groups (broad SMARTS) is 1. The zero-order chi connectivity index (χ0) is 17.6. The van der Waals surface area contributed by atoms with Gasteiger partial charge < -0.3 is 15.1 Å². The summed E-state index contributed by atoms with van der Waals surface area (Å²) in [5.74, 6) is -1.22. The Morgan fingerprint density at radius 2 is 2.21 bits per heavy atom. The first-order valence-electron chi connectivity index (χ1n) is 7.87. The molecular weight excluding hydrogens is 328 g/mol. The summed E-state index contributed by atoms with van der Waals surface area (Å²) in [5.41, 5.74) is 2.30. The number of β-lactam (4-membered cyclic amide) rings is 1. The van der Waals surface area contributed by atoms with Gasteiger partial charge in [0, 0.05) is 30.4 Å². The number of rotatable bonds is 5. The van der Waals surface area contributed by atoms with E-state index in [9.17, 15) is 19.8 Å². The smallest absolute Gasteiger partial charge is 0.353 e. The van der Waals surface area contributed by atoms with Crippen LogP contribution in [0.4, 0.5) is 0 Å². The van der Waals surface area contributed by atoms with Crippen molar-refractivity contribution in [2.24, 2.45) is 13.0 Å². The summed E-state index contributed by atoms with van der Waals surface area (Å²) in [6.45, 7) is 3.60. The molecule has 0 aromatic carbocycles. The van der Waals surface area contributed by atoms with Crippen molar-refractivity contribution in [3.8, 4) is 0 Å². The maximum Gasteiger partial charge on any atom is 0.353 e. The molecule has 1 amide bonds. The number of carboxylic acids is 1. The highest BCUT2D eigenvalue weighted by molar-refractivity contribution is 8.02. The Morgan fingerprint density at radius 1 is 1.50 bits per heavy atom. The molecule has 128 valence electrons. The number of aliphatic hydroxyl groups excluding tert-OH is 1. The van der Waals surface area contributed by atoms with E-state index in [0.717, 1.165) is 11.4 Å². The van der Waals surface area contributed by atoms with Crippen molar-refractivity contribution in [1.82, 2.24) is 4.90 Å². The number of hydrogen-bond acceptors (Lipinski definition) is 4. The molecule has 0 aliphatic carbocycles. The fourth-order valence-electron chi connectivity index (χ4n) is 3.41. The largest absolute Gasteiger partial charge is 0.477 e. The average Bonchev–Trinajstić information content (AvgIpc) is 2.83. The third-order valence-corrected chi connectivity index (χ3v) is 6.02. The summed E-state index contributed by atoms with van der Waals surface area (Å²) in [6.07, 6.45) is -0.254. The van der Waals surface area contributed by atoms with E-state index < -0.39 is 18.0 Å². The van der Waals surface area contributed by atoms with E-state index in [1.807, 2.05) is 32.2 Å². The molecule has 1 fully saturated rings. The maximum atomic E-state index is 12.2. The third-order valence-electron chi connectivity index (χ3n) is 4.87. The second-order valence-electron chi connectivity index (χ2n) is 6.33. The van der Waals surface area contributed by atoms with Gasteiger partial charge in [0.15, 0.2) is 11.4 Å². The van der Waals surface area contributed by atoms with Gasteiger partial charge in [-0.1, -0.05) is 0 Å². The molecule has 2 aliphatic heterocycles. The number of aliphatic carboxylic acids is 1. The number of carbonyl (C=O) groups excluding carboxylic acids is 1. The Bertz CT molecular complexity index is 744. The molecule has 24 heavy (non-hydrogen) atoms. The minimum absolute atomic E-state index is 0.0854. The summed E-state index contributed by atoms with van der Waals surface area (Å²) in [7, 11) is 1.98.